The number of methoxy groups -OCH3 is 2. The number of aryl methyl sites for hydroxylation is 1. The van der Waals surface area contributed by atoms with Crippen molar-refractivity contribution in [3.05, 3.63) is 72.2 Å². The van der Waals surface area contributed by atoms with Crippen molar-refractivity contribution in [3.63, 3.8) is 0 Å². The van der Waals surface area contributed by atoms with Crippen LogP contribution in [0.15, 0.2) is 44.0 Å². The lowest BCUT2D eigenvalue weighted by Crippen LogP contribution is -2.43. The summed E-state index contributed by atoms with van der Waals surface area (Å²) in [6, 6.07) is 1.28. The maximum atomic E-state index is 12.9. The molecule has 252 valence electrons. The van der Waals surface area contributed by atoms with Crippen LogP contribution < -0.4 is 27.8 Å². The smallest absolute Gasteiger partial charge is 0.333 e. The van der Waals surface area contributed by atoms with E-state index in [2.05, 4.69) is 20.6 Å². The quantitative estimate of drug-likeness (QED) is 0.149. The van der Waals surface area contributed by atoms with E-state index in [4.69, 9.17) is 18.9 Å². The van der Waals surface area contributed by atoms with Crippen LogP contribution in [-0.2, 0) is 68.9 Å². The third-order valence-corrected chi connectivity index (χ3v) is 7.81. The van der Waals surface area contributed by atoms with Crippen molar-refractivity contribution in [2.75, 3.05) is 20.8 Å². The van der Waals surface area contributed by atoms with Crippen molar-refractivity contribution in [2.45, 2.75) is 57.7 Å². The number of hydrogen-bond acceptors (Lipinski definition) is 13. The van der Waals surface area contributed by atoms with E-state index in [0.717, 1.165) is 9.13 Å². The van der Waals surface area contributed by atoms with E-state index in [0.29, 0.717) is 5.69 Å². The summed E-state index contributed by atoms with van der Waals surface area (Å²) >= 11 is 0. The van der Waals surface area contributed by atoms with E-state index in [-0.39, 0.29) is 37.4 Å². The molecule has 0 aliphatic carbocycles. The molecule has 5 rings (SSSR count). The Kier molecular flexibility index (Phi) is 9.63. The Morgan fingerprint density at radius 1 is 1.04 bits per heavy atom. The minimum atomic E-state index is -0.883. The normalized spacial score (nSPS) is 19.3. The summed E-state index contributed by atoms with van der Waals surface area (Å²) in [7, 11) is 5.73. The number of carbonyl (C=O) groups is 2. The second-order valence-corrected chi connectivity index (χ2v) is 10.7. The van der Waals surface area contributed by atoms with Gasteiger partial charge in [-0.3, -0.25) is 37.4 Å². The maximum absolute atomic E-state index is 12.9. The van der Waals surface area contributed by atoms with Gasteiger partial charge in [-0.25, -0.2) is 19.3 Å². The van der Waals surface area contributed by atoms with E-state index in [1.165, 1.54) is 65.3 Å². The molecule has 0 saturated carbocycles. The fraction of sp³-hybridized carbons (Fsp3) is 0.519. The topological polar surface area (TPSA) is 220 Å². The molecule has 5 heterocycles. The highest BCUT2D eigenvalue weighted by Crippen LogP contribution is 2.33. The van der Waals surface area contributed by atoms with Crippen molar-refractivity contribution >= 4 is 23.0 Å². The van der Waals surface area contributed by atoms with Gasteiger partial charge in [-0.05, 0) is 6.92 Å². The van der Waals surface area contributed by atoms with Gasteiger partial charge in [0, 0.05) is 47.1 Å². The molecule has 1 fully saturated rings. The number of amides is 1. The van der Waals surface area contributed by atoms with Crippen LogP contribution in [0, 0.1) is 0 Å². The molecular formula is C27H34N10O10. The highest BCUT2D eigenvalue weighted by atomic mass is 16.6. The van der Waals surface area contributed by atoms with Crippen LogP contribution >= 0.6 is 0 Å². The standard InChI is InChI=1S/C27H34N10O10/c1-6-36-18(39)7-8-37(27(36)43)25-22(45-5)21(44-4)16(47-25)11-35-10-15(30-31-35)13-46-19(40)9-28-17(38)12-34-14-29-23-20(34)24(41)33(3)26(42)32(23)2/h7-8,10,14,16,21-22,25H,6,9,11-13H2,1-5H3,(H,28,38). The van der Waals surface area contributed by atoms with Crippen LogP contribution in [0.3, 0.4) is 0 Å². The monoisotopic (exact) mass is 658 g/mol. The molecule has 0 radical (unpaired) electrons. The van der Waals surface area contributed by atoms with E-state index >= 15 is 0 Å². The van der Waals surface area contributed by atoms with Gasteiger partial charge >= 0.3 is 17.3 Å². The lowest BCUT2D eigenvalue weighted by Gasteiger charge is -2.22. The molecule has 20 nitrogen and oxygen atoms in total. The zero-order chi connectivity index (χ0) is 34.0. The lowest BCUT2D eigenvalue weighted by molar-refractivity contribution is -0.145. The Hall–Kier alpha value is -5.21. The van der Waals surface area contributed by atoms with Crippen LogP contribution in [0.25, 0.3) is 11.2 Å². The number of nitrogens with zero attached hydrogens (tertiary/aromatic N) is 9. The number of carbonyl (C=O) groups excluding carboxylic acids is 2. The van der Waals surface area contributed by atoms with Gasteiger partial charge in [0.15, 0.2) is 17.4 Å². The Balaban J connectivity index is 1.15. The SMILES string of the molecule is CCn1c(=O)ccn(C2OC(Cn3cc(COC(=O)CNC(=O)Cn4cnc5c4c(=O)n(C)c(=O)n5C)nn3)C(OC)C2OC)c1=O. The van der Waals surface area contributed by atoms with Gasteiger partial charge in [0.2, 0.25) is 5.91 Å². The molecule has 47 heavy (non-hydrogen) atoms. The van der Waals surface area contributed by atoms with Crippen LogP contribution in [0.5, 0.6) is 0 Å². The Morgan fingerprint density at radius 2 is 1.79 bits per heavy atom. The predicted molar refractivity (Wildman–Crippen MR) is 159 cm³/mol. The zero-order valence-corrected chi connectivity index (χ0v) is 26.3. The minimum Gasteiger partial charge on any atom is -0.458 e. The molecular weight excluding hydrogens is 624 g/mol. The lowest BCUT2D eigenvalue weighted by atomic mass is 10.1. The van der Waals surface area contributed by atoms with Crippen LogP contribution in [-0.4, -0.2) is 93.8 Å². The predicted octanol–water partition coefficient (Wildman–Crippen LogP) is -3.14. The van der Waals surface area contributed by atoms with Crippen molar-refractivity contribution in [1.82, 2.24) is 48.1 Å². The number of nitrogens with one attached hydrogen (secondary N) is 1. The summed E-state index contributed by atoms with van der Waals surface area (Å²) in [6.07, 6.45) is 1.36. The summed E-state index contributed by atoms with van der Waals surface area (Å²) in [5.41, 5.74) is -1.61. The third kappa shape index (κ3) is 6.42. The molecule has 0 aromatic carbocycles. The van der Waals surface area contributed by atoms with Crippen molar-refractivity contribution < 1.29 is 28.5 Å². The molecule has 1 aliphatic rings. The zero-order valence-electron chi connectivity index (χ0n) is 26.3. The largest absolute Gasteiger partial charge is 0.458 e. The molecule has 1 saturated heterocycles. The first kappa shape index (κ1) is 33.2. The van der Waals surface area contributed by atoms with Gasteiger partial charge in [0.25, 0.3) is 11.1 Å². The van der Waals surface area contributed by atoms with E-state index in [9.17, 15) is 28.8 Å². The van der Waals surface area contributed by atoms with Crippen LogP contribution in [0.1, 0.15) is 18.8 Å². The number of imidazole rings is 1. The molecule has 1 aliphatic heterocycles. The minimum absolute atomic E-state index is 0.0694. The van der Waals surface area contributed by atoms with Gasteiger partial charge in [0.05, 0.1) is 19.1 Å². The highest BCUT2D eigenvalue weighted by Gasteiger charge is 2.47. The Bertz CT molecular complexity index is 2040. The fourth-order valence-corrected chi connectivity index (χ4v) is 5.41. The fourth-order valence-electron chi connectivity index (χ4n) is 5.41. The number of esters is 1. The van der Waals surface area contributed by atoms with E-state index in [1.807, 2.05) is 0 Å². The molecule has 0 spiro atoms. The van der Waals surface area contributed by atoms with Gasteiger partial charge in [-0.15, -0.1) is 5.10 Å². The first-order chi connectivity index (χ1) is 22.5. The summed E-state index contributed by atoms with van der Waals surface area (Å²) in [5, 5.41) is 10.5. The number of hydrogen-bond donors (Lipinski definition) is 1. The molecule has 0 bridgehead atoms. The van der Waals surface area contributed by atoms with Crippen molar-refractivity contribution in [2.24, 2.45) is 14.1 Å². The summed E-state index contributed by atoms with van der Waals surface area (Å²) < 4.78 is 29.9. The Labute approximate surface area is 264 Å². The second-order valence-electron chi connectivity index (χ2n) is 10.7. The first-order valence-corrected chi connectivity index (χ1v) is 14.4. The molecule has 20 heteroatoms. The summed E-state index contributed by atoms with van der Waals surface area (Å²) in [5.74, 6) is -1.33. The summed E-state index contributed by atoms with van der Waals surface area (Å²) in [6.45, 7) is 1.02. The number of rotatable bonds is 12. The van der Waals surface area contributed by atoms with E-state index in [1.54, 1.807) is 13.1 Å². The van der Waals surface area contributed by atoms with Gasteiger partial charge in [-0.1, -0.05) is 5.21 Å². The molecule has 4 aromatic rings. The molecule has 4 atom stereocenters. The van der Waals surface area contributed by atoms with Crippen LogP contribution in [0.4, 0.5) is 0 Å². The van der Waals surface area contributed by atoms with Gasteiger partial charge < -0.3 is 28.8 Å². The molecule has 1 amide bonds. The average Bonchev–Trinajstić information content (AvgIpc) is 3.78. The number of aromatic nitrogens is 9. The maximum Gasteiger partial charge on any atom is 0.333 e. The van der Waals surface area contributed by atoms with Gasteiger partial charge in [0.1, 0.15) is 43.7 Å². The van der Waals surface area contributed by atoms with Crippen molar-refractivity contribution in [3.8, 4) is 0 Å². The molecule has 1 N–H and O–H groups in total. The number of fused-ring (bicyclic) bond motifs is 1. The Morgan fingerprint density at radius 3 is 2.49 bits per heavy atom. The van der Waals surface area contributed by atoms with E-state index < -0.39 is 65.5 Å². The average molecular weight is 659 g/mol. The molecule has 4 aromatic heterocycles. The van der Waals surface area contributed by atoms with Gasteiger partial charge in [-0.2, -0.15) is 0 Å². The molecule has 4 unspecified atom stereocenters. The highest BCUT2D eigenvalue weighted by molar-refractivity contribution is 5.83. The second kappa shape index (κ2) is 13.6. The third-order valence-electron chi connectivity index (χ3n) is 7.81. The number of ether oxygens (including phenoxy) is 4. The van der Waals surface area contributed by atoms with Crippen molar-refractivity contribution in [1.29, 1.82) is 0 Å². The first-order valence-electron chi connectivity index (χ1n) is 14.4. The van der Waals surface area contributed by atoms with Crippen LogP contribution in [0.2, 0.25) is 0 Å². The summed E-state index contributed by atoms with van der Waals surface area (Å²) in [4.78, 5) is 78.5.